The van der Waals surface area contributed by atoms with Crippen molar-refractivity contribution in [3.05, 3.63) is 23.7 Å². The number of nitrogens with zero attached hydrogens (tertiary/aromatic N) is 1. The molecule has 0 amide bonds. The zero-order valence-electron chi connectivity index (χ0n) is 11.3. The van der Waals surface area contributed by atoms with Gasteiger partial charge in [0.25, 0.3) is 0 Å². The lowest BCUT2D eigenvalue weighted by Crippen LogP contribution is -2.40. The van der Waals surface area contributed by atoms with Gasteiger partial charge in [-0.25, -0.2) is 4.79 Å². The van der Waals surface area contributed by atoms with E-state index in [2.05, 4.69) is 4.90 Å². The molecule has 1 aromatic heterocycles. The molecule has 5 nitrogen and oxygen atoms in total. The van der Waals surface area contributed by atoms with Crippen molar-refractivity contribution in [3.8, 4) is 0 Å². The smallest absolute Gasteiger partial charge is 0.374 e. The number of carbonyl (C=O) groups is 1. The Morgan fingerprint density at radius 3 is 2.95 bits per heavy atom. The van der Waals surface area contributed by atoms with Gasteiger partial charge in [-0.2, -0.15) is 0 Å². The molecule has 1 aliphatic rings. The van der Waals surface area contributed by atoms with Crippen LogP contribution in [0.3, 0.4) is 0 Å². The monoisotopic (exact) mass is 267 g/mol. The molecule has 1 aromatic rings. The molecule has 106 valence electrons. The van der Waals surface area contributed by atoms with Crippen LogP contribution >= 0.6 is 0 Å². The number of esters is 1. The van der Waals surface area contributed by atoms with E-state index < -0.39 is 5.97 Å². The molecule has 5 heteroatoms. The molecule has 0 radical (unpaired) electrons. The van der Waals surface area contributed by atoms with Gasteiger partial charge in [0.2, 0.25) is 5.76 Å². The van der Waals surface area contributed by atoms with Crippen LogP contribution in [-0.2, 0) is 11.3 Å². The number of ether oxygens (including phenoxy) is 1. The molecule has 0 aliphatic heterocycles. The van der Waals surface area contributed by atoms with E-state index in [1.54, 1.807) is 0 Å². The van der Waals surface area contributed by atoms with Crippen LogP contribution in [0.1, 0.15) is 41.8 Å². The summed E-state index contributed by atoms with van der Waals surface area (Å²) in [5.41, 5.74) is 0.858. The Balaban J connectivity index is 2.03. The Bertz CT molecular complexity index is 411. The van der Waals surface area contributed by atoms with Crippen LogP contribution in [-0.4, -0.2) is 42.3 Å². The van der Waals surface area contributed by atoms with Crippen LogP contribution in [0.15, 0.2) is 16.7 Å². The van der Waals surface area contributed by atoms with Crippen molar-refractivity contribution in [1.82, 2.24) is 4.90 Å². The van der Waals surface area contributed by atoms with Crippen molar-refractivity contribution < 1.29 is 19.1 Å². The van der Waals surface area contributed by atoms with Crippen LogP contribution in [0.2, 0.25) is 0 Å². The van der Waals surface area contributed by atoms with Crippen molar-refractivity contribution in [2.45, 2.75) is 38.3 Å². The van der Waals surface area contributed by atoms with Crippen LogP contribution in [0.5, 0.6) is 0 Å². The molecule has 0 aromatic carbocycles. The Morgan fingerprint density at radius 1 is 1.58 bits per heavy atom. The SMILES string of the molecule is COC(=O)c1occc1CN(CCCO)C1CCC1. The lowest BCUT2D eigenvalue weighted by atomic mass is 9.91. The molecule has 0 atom stereocenters. The number of hydrogen-bond donors (Lipinski definition) is 1. The standard InChI is InChI=1S/C14H21NO4/c1-18-14(17)13-11(6-9-19-13)10-15(7-3-8-16)12-4-2-5-12/h6,9,12,16H,2-5,7-8,10H2,1H3. The molecule has 0 unspecified atom stereocenters. The van der Waals surface area contributed by atoms with Crippen molar-refractivity contribution in [3.63, 3.8) is 0 Å². The quantitative estimate of drug-likeness (QED) is 0.763. The average Bonchev–Trinajstić information content (AvgIpc) is 2.81. The largest absolute Gasteiger partial charge is 0.463 e. The van der Waals surface area contributed by atoms with E-state index >= 15 is 0 Å². The van der Waals surface area contributed by atoms with Crippen LogP contribution in [0.25, 0.3) is 0 Å². The number of hydrogen-bond acceptors (Lipinski definition) is 5. The summed E-state index contributed by atoms with van der Waals surface area (Å²) in [6.45, 7) is 1.71. The Labute approximate surface area is 113 Å². The molecule has 2 rings (SSSR count). The Kier molecular flexibility index (Phi) is 4.99. The summed E-state index contributed by atoms with van der Waals surface area (Å²) < 4.78 is 9.91. The highest BCUT2D eigenvalue weighted by molar-refractivity contribution is 5.87. The minimum absolute atomic E-state index is 0.193. The van der Waals surface area contributed by atoms with Crippen molar-refractivity contribution >= 4 is 5.97 Å². The minimum Gasteiger partial charge on any atom is -0.463 e. The van der Waals surface area contributed by atoms with Crippen LogP contribution in [0, 0.1) is 0 Å². The molecule has 1 saturated carbocycles. The molecule has 1 N–H and O–H groups in total. The number of carbonyl (C=O) groups excluding carboxylic acids is 1. The molecule has 1 fully saturated rings. The predicted molar refractivity (Wildman–Crippen MR) is 69.8 cm³/mol. The fourth-order valence-electron chi connectivity index (χ4n) is 2.37. The summed E-state index contributed by atoms with van der Waals surface area (Å²) in [4.78, 5) is 13.9. The second-order valence-electron chi connectivity index (χ2n) is 4.90. The predicted octanol–water partition coefficient (Wildman–Crippen LogP) is 1.80. The Hall–Kier alpha value is -1.33. The van der Waals surface area contributed by atoms with Gasteiger partial charge in [0, 0.05) is 31.3 Å². The first-order valence-electron chi connectivity index (χ1n) is 6.76. The van der Waals surface area contributed by atoms with Crippen molar-refractivity contribution in [1.29, 1.82) is 0 Å². The molecule has 0 spiro atoms. The third-order valence-corrected chi connectivity index (χ3v) is 3.69. The van der Waals surface area contributed by atoms with E-state index in [1.807, 2.05) is 6.07 Å². The summed E-state index contributed by atoms with van der Waals surface area (Å²) >= 11 is 0. The van der Waals surface area contributed by atoms with Gasteiger partial charge >= 0.3 is 5.97 Å². The van der Waals surface area contributed by atoms with Gasteiger partial charge in [0.1, 0.15) is 0 Å². The summed E-state index contributed by atoms with van der Waals surface area (Å²) in [5, 5.41) is 8.98. The highest BCUT2D eigenvalue weighted by Crippen LogP contribution is 2.27. The Morgan fingerprint density at radius 2 is 2.37 bits per heavy atom. The zero-order chi connectivity index (χ0) is 13.7. The van der Waals surface area contributed by atoms with Gasteiger partial charge in [-0.1, -0.05) is 6.42 Å². The fraction of sp³-hybridized carbons (Fsp3) is 0.643. The van der Waals surface area contributed by atoms with Gasteiger partial charge in [-0.15, -0.1) is 0 Å². The highest BCUT2D eigenvalue weighted by Gasteiger charge is 2.26. The topological polar surface area (TPSA) is 62.9 Å². The first kappa shape index (κ1) is 14.1. The molecule has 0 saturated heterocycles. The van der Waals surface area contributed by atoms with Crippen molar-refractivity contribution in [2.75, 3.05) is 20.3 Å². The van der Waals surface area contributed by atoms with Crippen molar-refractivity contribution in [2.24, 2.45) is 0 Å². The molecule has 0 bridgehead atoms. The summed E-state index contributed by atoms with van der Waals surface area (Å²) in [6.07, 6.45) is 5.91. The van der Waals surface area contributed by atoms with Gasteiger partial charge in [0.15, 0.2) is 0 Å². The van der Waals surface area contributed by atoms with E-state index in [-0.39, 0.29) is 12.4 Å². The van der Waals surface area contributed by atoms with E-state index in [0.717, 1.165) is 18.5 Å². The second-order valence-corrected chi connectivity index (χ2v) is 4.90. The normalized spacial score (nSPS) is 15.5. The lowest BCUT2D eigenvalue weighted by molar-refractivity contribution is 0.0557. The highest BCUT2D eigenvalue weighted by atomic mass is 16.5. The molecule has 19 heavy (non-hydrogen) atoms. The maximum absolute atomic E-state index is 11.6. The molecule has 1 heterocycles. The number of methoxy groups -OCH3 is 1. The first-order chi connectivity index (χ1) is 9.26. The number of furan rings is 1. The molecular weight excluding hydrogens is 246 g/mol. The summed E-state index contributed by atoms with van der Waals surface area (Å²) in [5.74, 6) is -0.147. The average molecular weight is 267 g/mol. The zero-order valence-corrected chi connectivity index (χ0v) is 11.3. The van der Waals surface area contributed by atoms with E-state index in [4.69, 9.17) is 14.3 Å². The third kappa shape index (κ3) is 3.36. The molecular formula is C14H21NO4. The number of rotatable bonds is 7. The lowest BCUT2D eigenvalue weighted by Gasteiger charge is -2.37. The van der Waals surface area contributed by atoms with Crippen LogP contribution in [0.4, 0.5) is 0 Å². The number of aliphatic hydroxyl groups excluding tert-OH is 1. The van der Waals surface area contributed by atoms with Gasteiger partial charge < -0.3 is 14.3 Å². The maximum atomic E-state index is 11.6. The van der Waals surface area contributed by atoms with Crippen LogP contribution < -0.4 is 0 Å². The fourth-order valence-corrected chi connectivity index (χ4v) is 2.37. The van der Waals surface area contributed by atoms with E-state index in [0.29, 0.717) is 12.6 Å². The number of aliphatic hydroxyl groups is 1. The summed E-state index contributed by atoms with van der Waals surface area (Å²) in [7, 11) is 1.35. The van der Waals surface area contributed by atoms with E-state index in [9.17, 15) is 4.79 Å². The maximum Gasteiger partial charge on any atom is 0.374 e. The van der Waals surface area contributed by atoms with E-state index in [1.165, 1.54) is 32.6 Å². The molecule has 1 aliphatic carbocycles. The second kappa shape index (κ2) is 6.73. The van der Waals surface area contributed by atoms with Gasteiger partial charge in [-0.3, -0.25) is 4.90 Å². The third-order valence-electron chi connectivity index (χ3n) is 3.69. The summed E-state index contributed by atoms with van der Waals surface area (Å²) in [6, 6.07) is 2.38. The van der Waals surface area contributed by atoms with Gasteiger partial charge in [0.05, 0.1) is 13.4 Å². The van der Waals surface area contributed by atoms with Gasteiger partial charge in [-0.05, 0) is 25.3 Å². The minimum atomic E-state index is -0.435. The first-order valence-corrected chi connectivity index (χ1v) is 6.76.